The van der Waals surface area contributed by atoms with Gasteiger partial charge in [0, 0.05) is 17.1 Å². The first-order valence-electron chi connectivity index (χ1n) is 7.21. The number of aryl methyl sites for hydroxylation is 1. The van der Waals surface area contributed by atoms with E-state index in [0.29, 0.717) is 0 Å². The highest BCUT2D eigenvalue weighted by Crippen LogP contribution is 2.39. The van der Waals surface area contributed by atoms with Crippen molar-refractivity contribution in [2.45, 2.75) is 19.8 Å². The van der Waals surface area contributed by atoms with E-state index in [9.17, 15) is 4.79 Å². The Labute approximate surface area is 134 Å². The van der Waals surface area contributed by atoms with Crippen molar-refractivity contribution >= 4 is 35.4 Å². The first kappa shape index (κ1) is 14.7. The summed E-state index contributed by atoms with van der Waals surface area (Å²) in [4.78, 5) is 11.8. The Morgan fingerprint density at radius 2 is 1.90 bits per heavy atom. The molecule has 0 radical (unpaired) electrons. The molecule has 1 heterocycles. The second kappa shape index (κ2) is 6.71. The molecular weight excluding hydrogens is 296 g/mol. The third-order valence-corrected chi connectivity index (χ3v) is 6.44. The summed E-state index contributed by atoms with van der Waals surface area (Å²) < 4.78 is 1.19. The number of allylic oxidation sites excluding steroid dienone is 4. The van der Waals surface area contributed by atoms with E-state index in [4.69, 9.17) is 0 Å². The van der Waals surface area contributed by atoms with Crippen LogP contribution in [0.1, 0.15) is 24.5 Å². The van der Waals surface area contributed by atoms with Gasteiger partial charge in [-0.15, -0.1) is 23.5 Å². The number of carbonyl (C=O) groups is 1. The molecule has 108 valence electrons. The van der Waals surface area contributed by atoms with E-state index < -0.39 is 0 Å². The maximum Gasteiger partial charge on any atom is 0.161 e. The fourth-order valence-electron chi connectivity index (χ4n) is 2.57. The molecule has 21 heavy (non-hydrogen) atoms. The lowest BCUT2D eigenvalue weighted by Crippen LogP contribution is -1.98. The van der Waals surface area contributed by atoms with Crippen LogP contribution in [0, 0.1) is 0 Å². The van der Waals surface area contributed by atoms with Crippen LogP contribution in [-0.2, 0) is 11.2 Å². The van der Waals surface area contributed by atoms with Crippen LogP contribution in [0.4, 0.5) is 0 Å². The summed E-state index contributed by atoms with van der Waals surface area (Å²) in [6, 6.07) is 8.54. The minimum absolute atomic E-state index is 0.167. The van der Waals surface area contributed by atoms with Gasteiger partial charge in [0.2, 0.25) is 0 Å². The van der Waals surface area contributed by atoms with Crippen molar-refractivity contribution < 1.29 is 4.79 Å². The van der Waals surface area contributed by atoms with Crippen molar-refractivity contribution in [2.24, 2.45) is 0 Å². The fourth-order valence-corrected chi connectivity index (χ4v) is 5.18. The Morgan fingerprint density at radius 3 is 2.67 bits per heavy atom. The molecule has 1 aliphatic heterocycles. The number of hydrogen-bond acceptors (Lipinski definition) is 3. The second-order valence-electron chi connectivity index (χ2n) is 5.21. The molecule has 0 bridgehead atoms. The lowest BCUT2D eigenvalue weighted by molar-refractivity contribution is -0.113. The fraction of sp³-hybridized carbons (Fsp3) is 0.278. The average Bonchev–Trinajstić information content (AvgIpc) is 3.01. The van der Waals surface area contributed by atoms with E-state index in [1.54, 1.807) is 30.4 Å². The van der Waals surface area contributed by atoms with E-state index in [1.165, 1.54) is 20.9 Å². The van der Waals surface area contributed by atoms with Gasteiger partial charge in [-0.05, 0) is 42.5 Å². The Bertz CT molecular complexity index is 645. The Balaban J connectivity index is 1.84. The third-order valence-electron chi connectivity index (χ3n) is 3.69. The van der Waals surface area contributed by atoms with Crippen LogP contribution in [0.2, 0.25) is 0 Å². The summed E-state index contributed by atoms with van der Waals surface area (Å²) in [5.41, 5.74) is 4.91. The Morgan fingerprint density at radius 1 is 1.14 bits per heavy atom. The molecule has 1 fully saturated rings. The smallest absolute Gasteiger partial charge is 0.161 e. The van der Waals surface area contributed by atoms with Crippen molar-refractivity contribution in [1.82, 2.24) is 0 Å². The number of Topliss-reactive ketones (excluding diaryl/α,β-unsaturated/α-hetero) is 1. The maximum atomic E-state index is 11.8. The highest BCUT2D eigenvalue weighted by atomic mass is 32.2. The monoisotopic (exact) mass is 314 g/mol. The largest absolute Gasteiger partial charge is 0.294 e. The van der Waals surface area contributed by atoms with Gasteiger partial charge >= 0.3 is 0 Å². The number of fused-ring (bicyclic) bond motifs is 1. The van der Waals surface area contributed by atoms with Gasteiger partial charge in [-0.2, -0.15) is 0 Å². The van der Waals surface area contributed by atoms with Crippen LogP contribution in [0.3, 0.4) is 0 Å². The lowest BCUT2D eigenvalue weighted by atomic mass is 9.92. The predicted octanol–water partition coefficient (Wildman–Crippen LogP) is 4.85. The van der Waals surface area contributed by atoms with Gasteiger partial charge in [0.05, 0.1) is 4.24 Å². The van der Waals surface area contributed by atoms with Gasteiger partial charge in [-0.25, -0.2) is 0 Å². The molecule has 0 unspecified atom stereocenters. The highest BCUT2D eigenvalue weighted by Gasteiger charge is 2.15. The minimum atomic E-state index is 0.167. The molecule has 2 aliphatic rings. The molecule has 1 aromatic rings. The van der Waals surface area contributed by atoms with E-state index in [0.717, 1.165) is 29.9 Å². The third kappa shape index (κ3) is 3.53. The number of rotatable bonds is 3. The van der Waals surface area contributed by atoms with Gasteiger partial charge in [-0.3, -0.25) is 4.79 Å². The topological polar surface area (TPSA) is 17.1 Å². The first-order chi connectivity index (χ1) is 10.2. The summed E-state index contributed by atoms with van der Waals surface area (Å²) in [7, 11) is 0. The van der Waals surface area contributed by atoms with Crippen molar-refractivity contribution in [3.05, 3.63) is 62.9 Å². The molecule has 0 saturated carbocycles. The zero-order chi connectivity index (χ0) is 14.7. The van der Waals surface area contributed by atoms with Crippen molar-refractivity contribution in [1.29, 1.82) is 0 Å². The number of hydrogen-bond donors (Lipinski definition) is 0. The van der Waals surface area contributed by atoms with Crippen LogP contribution in [-0.4, -0.2) is 17.3 Å². The molecule has 3 heteroatoms. The summed E-state index contributed by atoms with van der Waals surface area (Å²) >= 11 is 3.61. The summed E-state index contributed by atoms with van der Waals surface area (Å²) in [5.74, 6) is 2.39. The van der Waals surface area contributed by atoms with Crippen LogP contribution < -0.4 is 0 Å². The van der Waals surface area contributed by atoms with Crippen molar-refractivity contribution in [3.8, 4) is 0 Å². The first-order valence-corrected chi connectivity index (χ1v) is 9.18. The van der Waals surface area contributed by atoms with Gasteiger partial charge in [0.25, 0.3) is 0 Å². The van der Waals surface area contributed by atoms with Crippen LogP contribution in [0.5, 0.6) is 0 Å². The quantitative estimate of drug-likeness (QED) is 0.742. The van der Waals surface area contributed by atoms with E-state index in [-0.39, 0.29) is 5.78 Å². The SMILES string of the molecule is CC(=O)C(/C=C/C1=Cc2ccccc2CC1)=C1SCCS1. The zero-order valence-electron chi connectivity index (χ0n) is 12.1. The molecule has 0 aromatic heterocycles. The molecule has 1 aromatic carbocycles. The van der Waals surface area contributed by atoms with E-state index >= 15 is 0 Å². The van der Waals surface area contributed by atoms with Crippen LogP contribution in [0.15, 0.2) is 51.8 Å². The number of carbonyl (C=O) groups excluding carboxylic acids is 1. The average molecular weight is 314 g/mol. The standard InChI is InChI=1S/C18H18OS2/c1-13(19)17(18-20-10-11-21-18)9-7-14-6-8-15-4-2-3-5-16(15)12-14/h2-5,7,9,12H,6,8,10-11H2,1H3/b9-7+. The highest BCUT2D eigenvalue weighted by molar-refractivity contribution is 8.25. The van der Waals surface area contributed by atoms with Crippen LogP contribution in [0.25, 0.3) is 6.08 Å². The predicted molar refractivity (Wildman–Crippen MR) is 94.5 cm³/mol. The molecule has 0 spiro atoms. The molecule has 0 atom stereocenters. The Hall–Kier alpha value is -1.19. The minimum Gasteiger partial charge on any atom is -0.294 e. The molecule has 1 aliphatic carbocycles. The van der Waals surface area contributed by atoms with Gasteiger partial charge in [0.1, 0.15) is 0 Å². The number of thioether (sulfide) groups is 2. The molecule has 1 saturated heterocycles. The normalized spacial score (nSPS) is 17.8. The number of ketones is 1. The second-order valence-corrected chi connectivity index (χ2v) is 7.67. The van der Waals surface area contributed by atoms with Gasteiger partial charge in [-0.1, -0.05) is 36.4 Å². The molecule has 3 rings (SSSR count). The summed E-state index contributed by atoms with van der Waals surface area (Å²) in [6.45, 7) is 1.66. The Kier molecular flexibility index (Phi) is 4.71. The molecule has 1 nitrogen and oxygen atoms in total. The van der Waals surface area contributed by atoms with Crippen molar-refractivity contribution in [3.63, 3.8) is 0 Å². The zero-order valence-corrected chi connectivity index (χ0v) is 13.7. The van der Waals surface area contributed by atoms with Crippen molar-refractivity contribution in [2.75, 3.05) is 11.5 Å². The number of benzene rings is 1. The van der Waals surface area contributed by atoms with Gasteiger partial charge in [0.15, 0.2) is 5.78 Å². The van der Waals surface area contributed by atoms with E-state index in [2.05, 4.69) is 36.4 Å². The lowest BCUT2D eigenvalue weighted by Gasteiger charge is -2.14. The van der Waals surface area contributed by atoms with Gasteiger partial charge < -0.3 is 0 Å². The molecule has 0 N–H and O–H groups in total. The van der Waals surface area contributed by atoms with E-state index in [1.807, 2.05) is 6.08 Å². The van der Waals surface area contributed by atoms with Crippen LogP contribution >= 0.6 is 23.5 Å². The maximum absolute atomic E-state index is 11.8. The summed E-state index contributed by atoms with van der Waals surface area (Å²) in [6.07, 6.45) is 8.52. The molecular formula is C18H18OS2. The molecule has 0 amide bonds. The summed E-state index contributed by atoms with van der Waals surface area (Å²) in [5, 5.41) is 0.